The molecule has 0 heterocycles. The average molecular weight is 212 g/mol. The van der Waals surface area contributed by atoms with E-state index in [9.17, 15) is 0 Å². The van der Waals surface area contributed by atoms with Gasteiger partial charge < -0.3 is 4.74 Å². The van der Waals surface area contributed by atoms with E-state index in [2.05, 4.69) is 49.4 Å². The van der Waals surface area contributed by atoms with Crippen LogP contribution in [0.3, 0.4) is 0 Å². The molecule has 1 aliphatic carbocycles. The van der Waals surface area contributed by atoms with Gasteiger partial charge in [0.15, 0.2) is 0 Å². The van der Waals surface area contributed by atoms with E-state index in [1.165, 1.54) is 23.6 Å². The minimum Gasteiger partial charge on any atom is -0.490 e. The first-order chi connectivity index (χ1) is 7.84. The molecule has 0 N–H and O–H groups in total. The Kier molecular flexibility index (Phi) is 2.32. The third-order valence-corrected chi connectivity index (χ3v) is 3.57. The molecule has 1 fully saturated rings. The van der Waals surface area contributed by atoms with Crippen LogP contribution in [0.25, 0.3) is 10.8 Å². The summed E-state index contributed by atoms with van der Waals surface area (Å²) in [5, 5.41) is 2.48. The Balaban J connectivity index is 1.96. The molecule has 0 saturated heterocycles. The molecular formula is C15H16O. The Labute approximate surface area is 96.0 Å². The van der Waals surface area contributed by atoms with Crippen LogP contribution in [-0.4, -0.2) is 6.10 Å². The van der Waals surface area contributed by atoms with Crippen molar-refractivity contribution in [2.75, 3.05) is 0 Å². The van der Waals surface area contributed by atoms with E-state index < -0.39 is 0 Å². The average Bonchev–Trinajstić information content (AvgIpc) is 2.34. The van der Waals surface area contributed by atoms with Crippen LogP contribution in [0.5, 0.6) is 5.75 Å². The van der Waals surface area contributed by atoms with Gasteiger partial charge in [0, 0.05) is 5.39 Å². The van der Waals surface area contributed by atoms with E-state index in [1.54, 1.807) is 0 Å². The largest absolute Gasteiger partial charge is 0.490 e. The fourth-order valence-corrected chi connectivity index (χ4v) is 2.27. The van der Waals surface area contributed by atoms with Crippen molar-refractivity contribution in [3.63, 3.8) is 0 Å². The van der Waals surface area contributed by atoms with Crippen molar-refractivity contribution in [1.82, 2.24) is 0 Å². The van der Waals surface area contributed by atoms with Gasteiger partial charge >= 0.3 is 0 Å². The fourth-order valence-electron chi connectivity index (χ4n) is 2.27. The second-order valence-electron chi connectivity index (χ2n) is 4.69. The molecule has 3 rings (SSSR count). The summed E-state index contributed by atoms with van der Waals surface area (Å²) >= 11 is 0. The van der Waals surface area contributed by atoms with Gasteiger partial charge in [0.1, 0.15) is 11.9 Å². The molecule has 0 spiro atoms. The molecule has 82 valence electrons. The highest BCUT2D eigenvalue weighted by molar-refractivity contribution is 5.88. The molecule has 0 radical (unpaired) electrons. The van der Waals surface area contributed by atoms with Gasteiger partial charge in [0.2, 0.25) is 0 Å². The summed E-state index contributed by atoms with van der Waals surface area (Å²) in [4.78, 5) is 0. The SMILES string of the molecule is CC1CCC1Oc1cccc2ccccc12. The summed E-state index contributed by atoms with van der Waals surface area (Å²) in [6.07, 6.45) is 2.92. The molecule has 1 aliphatic rings. The Hall–Kier alpha value is -1.50. The molecule has 0 bridgehead atoms. The maximum Gasteiger partial charge on any atom is 0.127 e. The predicted molar refractivity (Wildman–Crippen MR) is 66.8 cm³/mol. The van der Waals surface area contributed by atoms with Crippen LogP contribution in [0.2, 0.25) is 0 Å². The Bertz CT molecular complexity index is 498. The van der Waals surface area contributed by atoms with Crippen molar-refractivity contribution in [3.8, 4) is 5.75 Å². The highest BCUT2D eigenvalue weighted by Crippen LogP contribution is 2.34. The van der Waals surface area contributed by atoms with Gasteiger partial charge in [-0.2, -0.15) is 0 Å². The number of rotatable bonds is 2. The van der Waals surface area contributed by atoms with E-state index in [-0.39, 0.29) is 0 Å². The monoisotopic (exact) mass is 212 g/mol. The summed E-state index contributed by atoms with van der Waals surface area (Å²) in [7, 11) is 0. The lowest BCUT2D eigenvalue weighted by atomic mass is 9.83. The smallest absolute Gasteiger partial charge is 0.127 e. The summed E-state index contributed by atoms with van der Waals surface area (Å²) in [5.41, 5.74) is 0. The lowest BCUT2D eigenvalue weighted by Gasteiger charge is -2.34. The molecule has 2 unspecified atom stereocenters. The molecule has 0 amide bonds. The van der Waals surface area contributed by atoms with Gasteiger partial charge in [0.05, 0.1) is 0 Å². The van der Waals surface area contributed by atoms with Crippen LogP contribution < -0.4 is 4.74 Å². The van der Waals surface area contributed by atoms with Gasteiger partial charge in [-0.25, -0.2) is 0 Å². The summed E-state index contributed by atoms with van der Waals surface area (Å²) < 4.78 is 6.08. The van der Waals surface area contributed by atoms with Crippen molar-refractivity contribution >= 4 is 10.8 Å². The van der Waals surface area contributed by atoms with Crippen LogP contribution in [0.4, 0.5) is 0 Å². The van der Waals surface area contributed by atoms with E-state index in [0.29, 0.717) is 12.0 Å². The van der Waals surface area contributed by atoms with Crippen LogP contribution in [0, 0.1) is 5.92 Å². The molecule has 1 heteroatoms. The molecule has 16 heavy (non-hydrogen) atoms. The van der Waals surface area contributed by atoms with Crippen molar-refractivity contribution in [3.05, 3.63) is 42.5 Å². The summed E-state index contributed by atoms with van der Waals surface area (Å²) in [5.74, 6) is 1.74. The first kappa shape index (κ1) is 9.71. The Morgan fingerprint density at radius 3 is 2.56 bits per heavy atom. The summed E-state index contributed by atoms with van der Waals surface area (Å²) in [6, 6.07) is 14.7. The number of ether oxygens (including phenoxy) is 1. The van der Waals surface area contributed by atoms with Crippen LogP contribution in [0.15, 0.2) is 42.5 Å². The van der Waals surface area contributed by atoms with Gasteiger partial charge in [-0.1, -0.05) is 43.3 Å². The van der Waals surface area contributed by atoms with Gasteiger partial charge in [-0.05, 0) is 30.2 Å². The molecule has 1 nitrogen and oxygen atoms in total. The van der Waals surface area contributed by atoms with E-state index >= 15 is 0 Å². The first-order valence-electron chi connectivity index (χ1n) is 5.99. The number of hydrogen-bond acceptors (Lipinski definition) is 1. The minimum absolute atomic E-state index is 0.422. The first-order valence-corrected chi connectivity index (χ1v) is 5.99. The zero-order valence-electron chi connectivity index (χ0n) is 9.52. The zero-order valence-corrected chi connectivity index (χ0v) is 9.52. The highest BCUT2D eigenvalue weighted by atomic mass is 16.5. The van der Waals surface area contributed by atoms with E-state index in [0.717, 1.165) is 5.75 Å². The molecule has 0 aromatic heterocycles. The number of hydrogen-bond donors (Lipinski definition) is 0. The molecule has 0 aliphatic heterocycles. The molecular weight excluding hydrogens is 196 g/mol. The van der Waals surface area contributed by atoms with E-state index in [1.807, 2.05) is 0 Å². The number of fused-ring (bicyclic) bond motifs is 1. The van der Waals surface area contributed by atoms with Crippen LogP contribution in [-0.2, 0) is 0 Å². The zero-order chi connectivity index (χ0) is 11.0. The topological polar surface area (TPSA) is 9.23 Å². The van der Waals surface area contributed by atoms with E-state index in [4.69, 9.17) is 4.74 Å². The standard InChI is InChI=1S/C15H16O/c1-11-9-10-14(11)16-15-8-4-6-12-5-2-3-7-13(12)15/h2-8,11,14H,9-10H2,1H3. The van der Waals surface area contributed by atoms with Crippen molar-refractivity contribution in [1.29, 1.82) is 0 Å². The van der Waals surface area contributed by atoms with Crippen molar-refractivity contribution < 1.29 is 4.74 Å². The summed E-state index contributed by atoms with van der Waals surface area (Å²) in [6.45, 7) is 2.26. The molecule has 1 saturated carbocycles. The lowest BCUT2D eigenvalue weighted by molar-refractivity contribution is 0.0591. The maximum absolute atomic E-state index is 6.08. The molecule has 2 atom stereocenters. The Morgan fingerprint density at radius 1 is 1.00 bits per heavy atom. The lowest BCUT2D eigenvalue weighted by Crippen LogP contribution is -2.34. The third kappa shape index (κ3) is 1.57. The van der Waals surface area contributed by atoms with Gasteiger partial charge in [-0.3, -0.25) is 0 Å². The third-order valence-electron chi connectivity index (χ3n) is 3.57. The molecule has 2 aromatic rings. The maximum atomic E-state index is 6.08. The minimum atomic E-state index is 0.422. The quantitative estimate of drug-likeness (QED) is 0.730. The van der Waals surface area contributed by atoms with Crippen molar-refractivity contribution in [2.45, 2.75) is 25.9 Å². The molecule has 2 aromatic carbocycles. The number of benzene rings is 2. The second kappa shape index (κ2) is 3.82. The Morgan fingerprint density at radius 2 is 1.81 bits per heavy atom. The predicted octanol–water partition coefficient (Wildman–Crippen LogP) is 4.02. The van der Waals surface area contributed by atoms with Gasteiger partial charge in [0.25, 0.3) is 0 Å². The van der Waals surface area contributed by atoms with Gasteiger partial charge in [-0.15, -0.1) is 0 Å². The van der Waals surface area contributed by atoms with Crippen LogP contribution >= 0.6 is 0 Å². The van der Waals surface area contributed by atoms with Crippen molar-refractivity contribution in [2.24, 2.45) is 5.92 Å². The normalized spacial score (nSPS) is 24.1. The fraction of sp³-hybridized carbons (Fsp3) is 0.333. The highest BCUT2D eigenvalue weighted by Gasteiger charge is 2.28. The van der Waals surface area contributed by atoms with Crippen LogP contribution in [0.1, 0.15) is 19.8 Å². The second-order valence-corrected chi connectivity index (χ2v) is 4.69.